The van der Waals surface area contributed by atoms with E-state index in [1.807, 2.05) is 0 Å². The van der Waals surface area contributed by atoms with Gasteiger partial charge in [-0.15, -0.1) is 24.0 Å². The topological polar surface area (TPSA) is 87.8 Å². The molecule has 0 spiro atoms. The molecule has 1 saturated carbocycles. The molecule has 3 aliphatic rings. The van der Waals surface area contributed by atoms with Crippen LogP contribution in [0.25, 0.3) is 0 Å². The molecule has 1 aromatic rings. The Balaban J connectivity index is 0.00000240. The molecular weight excluding hydrogens is 479 g/mol. The van der Waals surface area contributed by atoms with E-state index in [-0.39, 0.29) is 59.5 Å². The Morgan fingerprint density at radius 3 is 2.17 bits per heavy atom. The second-order valence-corrected chi connectivity index (χ2v) is 7.88. The van der Waals surface area contributed by atoms with E-state index in [0.717, 1.165) is 24.9 Å². The van der Waals surface area contributed by atoms with Gasteiger partial charge in [0, 0.05) is 12.2 Å². The van der Waals surface area contributed by atoms with Gasteiger partial charge in [0.15, 0.2) is 5.96 Å². The minimum Gasteiger partial charge on any atom is -0.370 e. The quantitative estimate of drug-likeness (QED) is 0.203. The smallest absolute Gasteiger partial charge is 0.233 e. The summed E-state index contributed by atoms with van der Waals surface area (Å²) in [7, 11) is 0. The van der Waals surface area contributed by atoms with E-state index in [1.165, 1.54) is 16.0 Å². The van der Waals surface area contributed by atoms with E-state index in [2.05, 4.69) is 54.5 Å². The number of nitrogens with two attached hydrogens (primary N) is 1. The number of hydrogen-bond acceptors (Lipinski definition) is 3. The van der Waals surface area contributed by atoms with Crippen molar-refractivity contribution in [2.24, 2.45) is 34.4 Å². The highest BCUT2D eigenvalue weighted by atomic mass is 127. The average molecular weight is 508 g/mol. The van der Waals surface area contributed by atoms with Crippen LogP contribution in [0.1, 0.15) is 31.4 Å². The Morgan fingerprint density at radius 2 is 1.66 bits per heavy atom. The monoisotopic (exact) mass is 508 g/mol. The highest BCUT2D eigenvalue weighted by Gasteiger charge is 2.58. The zero-order valence-corrected chi connectivity index (χ0v) is 19.3. The van der Waals surface area contributed by atoms with Gasteiger partial charge in [-0.2, -0.15) is 0 Å². The Morgan fingerprint density at radius 1 is 1.10 bits per heavy atom. The number of likely N-dealkylation sites (tertiary alicyclic amines) is 1. The molecule has 2 amide bonds. The van der Waals surface area contributed by atoms with Gasteiger partial charge in [-0.25, -0.2) is 0 Å². The van der Waals surface area contributed by atoms with Crippen molar-refractivity contribution in [3.05, 3.63) is 41.5 Å². The number of halogens is 1. The molecule has 0 radical (unpaired) electrons. The summed E-state index contributed by atoms with van der Waals surface area (Å²) in [5.74, 6) is 0.443. The Kier molecular flexibility index (Phi) is 6.65. The van der Waals surface area contributed by atoms with Gasteiger partial charge in [0.25, 0.3) is 0 Å². The van der Waals surface area contributed by atoms with E-state index in [9.17, 15) is 9.59 Å². The van der Waals surface area contributed by atoms with Crippen LogP contribution < -0.4 is 11.1 Å². The third-order valence-electron chi connectivity index (χ3n) is 6.42. The number of aryl methyl sites for hydroxylation is 2. The highest BCUT2D eigenvalue weighted by molar-refractivity contribution is 14.0. The van der Waals surface area contributed by atoms with Gasteiger partial charge in [-0.3, -0.25) is 19.5 Å². The number of nitrogens with one attached hydrogen (secondary N) is 1. The molecule has 6 nitrogen and oxygen atoms in total. The highest BCUT2D eigenvalue weighted by Crippen LogP contribution is 2.52. The lowest BCUT2D eigenvalue weighted by molar-refractivity contribution is -0.140. The summed E-state index contributed by atoms with van der Waals surface area (Å²) in [5, 5.41) is 3.22. The predicted molar refractivity (Wildman–Crippen MR) is 125 cm³/mol. The van der Waals surface area contributed by atoms with Crippen LogP contribution in [0.2, 0.25) is 0 Å². The average Bonchev–Trinajstić information content (AvgIpc) is 3.37. The molecule has 4 rings (SSSR count). The molecule has 1 saturated heterocycles. The zero-order valence-electron chi connectivity index (χ0n) is 16.9. The fourth-order valence-electron chi connectivity index (χ4n) is 5.03. The molecule has 29 heavy (non-hydrogen) atoms. The lowest BCUT2D eigenvalue weighted by Crippen LogP contribution is -2.35. The van der Waals surface area contributed by atoms with Gasteiger partial charge in [0.05, 0.1) is 18.4 Å². The van der Waals surface area contributed by atoms with Gasteiger partial charge in [-0.05, 0) is 42.2 Å². The van der Waals surface area contributed by atoms with Crippen LogP contribution in [0.15, 0.2) is 35.3 Å². The number of nitrogens with zero attached hydrogens (tertiary/aromatic N) is 2. The molecule has 1 aliphatic heterocycles. The van der Waals surface area contributed by atoms with Crippen molar-refractivity contribution in [3.8, 4) is 0 Å². The molecule has 2 fully saturated rings. The maximum absolute atomic E-state index is 12.7. The van der Waals surface area contributed by atoms with Crippen molar-refractivity contribution >= 4 is 47.4 Å². The number of amides is 2. The van der Waals surface area contributed by atoms with Crippen LogP contribution in [0.5, 0.6) is 0 Å². The third kappa shape index (κ3) is 3.81. The summed E-state index contributed by atoms with van der Waals surface area (Å²) in [6.45, 7) is 4.82. The molecular formula is C22H29IN4O2. The standard InChI is InChI=1S/C22H28N4O2.HI/c1-3-13-6-5-7-14(4-2)19(13)25-22(23)24-10-11-26-20(27)17-15-8-9-16(12-15)18(17)21(26)28;/h5-9,15-18H,3-4,10-12H2,1-2H3,(H3,23,24,25);1H. The summed E-state index contributed by atoms with van der Waals surface area (Å²) in [5.41, 5.74) is 9.49. The maximum Gasteiger partial charge on any atom is 0.233 e. The fraction of sp³-hybridized carbons (Fsp3) is 0.500. The summed E-state index contributed by atoms with van der Waals surface area (Å²) >= 11 is 0. The van der Waals surface area contributed by atoms with E-state index in [4.69, 9.17) is 5.73 Å². The second kappa shape index (κ2) is 8.85. The lowest BCUT2D eigenvalue weighted by Gasteiger charge is -2.17. The SMILES string of the molecule is CCc1cccc(CC)c1NC(N)=NCCN1C(=O)C2C3C=CC(C3)C2C1=O.I. The molecule has 1 aromatic carbocycles. The summed E-state index contributed by atoms with van der Waals surface area (Å²) in [6, 6.07) is 6.22. The molecule has 0 aromatic heterocycles. The number of benzene rings is 1. The minimum atomic E-state index is -0.148. The molecule has 2 bridgehead atoms. The molecule has 7 heteroatoms. The first kappa shape index (κ1) is 21.8. The minimum absolute atomic E-state index is 0. The first-order valence-electron chi connectivity index (χ1n) is 10.3. The number of rotatable bonds is 6. The van der Waals surface area contributed by atoms with Crippen molar-refractivity contribution in [3.63, 3.8) is 0 Å². The number of guanidine groups is 1. The van der Waals surface area contributed by atoms with E-state index in [0.29, 0.717) is 19.0 Å². The number of carbonyl (C=O) groups excluding carboxylic acids is 2. The third-order valence-corrected chi connectivity index (χ3v) is 6.42. The number of anilines is 1. The fourth-order valence-corrected chi connectivity index (χ4v) is 5.03. The molecule has 3 N–H and O–H groups in total. The summed E-state index contributed by atoms with van der Waals surface area (Å²) < 4.78 is 0. The van der Waals surface area contributed by atoms with Gasteiger partial charge in [0.1, 0.15) is 0 Å². The maximum atomic E-state index is 12.7. The van der Waals surface area contributed by atoms with Crippen LogP contribution in [0, 0.1) is 23.7 Å². The first-order valence-corrected chi connectivity index (χ1v) is 10.3. The number of imide groups is 1. The van der Waals surface area contributed by atoms with Crippen LogP contribution in [0.3, 0.4) is 0 Å². The van der Waals surface area contributed by atoms with Crippen molar-refractivity contribution < 1.29 is 9.59 Å². The number of hydrogen-bond donors (Lipinski definition) is 2. The van der Waals surface area contributed by atoms with Crippen molar-refractivity contribution in [1.82, 2.24) is 4.90 Å². The lowest BCUT2D eigenvalue weighted by atomic mass is 9.85. The Bertz CT molecular complexity index is 814. The largest absolute Gasteiger partial charge is 0.370 e. The number of fused-ring (bicyclic) bond motifs is 5. The molecule has 4 atom stereocenters. The van der Waals surface area contributed by atoms with E-state index in [1.54, 1.807) is 0 Å². The number of para-hydroxylation sites is 1. The molecule has 2 aliphatic carbocycles. The normalized spacial score (nSPS) is 27.4. The summed E-state index contributed by atoms with van der Waals surface area (Å²) in [6.07, 6.45) is 6.97. The van der Waals surface area contributed by atoms with Crippen LogP contribution in [-0.2, 0) is 22.4 Å². The Hall–Kier alpha value is -1.90. The van der Waals surface area contributed by atoms with E-state index >= 15 is 0 Å². The number of aliphatic imine (C=N–C) groups is 1. The Labute approximate surface area is 189 Å². The van der Waals surface area contributed by atoms with Gasteiger partial charge in [0.2, 0.25) is 11.8 Å². The van der Waals surface area contributed by atoms with Crippen molar-refractivity contribution in [2.45, 2.75) is 33.1 Å². The van der Waals surface area contributed by atoms with Gasteiger partial charge < -0.3 is 11.1 Å². The van der Waals surface area contributed by atoms with Crippen molar-refractivity contribution in [1.29, 1.82) is 0 Å². The summed E-state index contributed by atoms with van der Waals surface area (Å²) in [4.78, 5) is 31.2. The number of allylic oxidation sites excluding steroid dienone is 2. The predicted octanol–water partition coefficient (Wildman–Crippen LogP) is 2.96. The first-order chi connectivity index (χ1) is 13.5. The van der Waals surface area contributed by atoms with Gasteiger partial charge >= 0.3 is 0 Å². The zero-order chi connectivity index (χ0) is 19.8. The van der Waals surface area contributed by atoms with Crippen LogP contribution in [-0.4, -0.2) is 35.8 Å². The molecule has 156 valence electrons. The molecule has 1 heterocycles. The van der Waals surface area contributed by atoms with Crippen LogP contribution >= 0.6 is 24.0 Å². The number of carbonyl (C=O) groups is 2. The van der Waals surface area contributed by atoms with E-state index < -0.39 is 0 Å². The van der Waals surface area contributed by atoms with Crippen molar-refractivity contribution in [2.75, 3.05) is 18.4 Å². The van der Waals surface area contributed by atoms with Crippen LogP contribution in [0.4, 0.5) is 5.69 Å². The van der Waals surface area contributed by atoms with Gasteiger partial charge in [-0.1, -0.05) is 44.2 Å². The molecule has 4 unspecified atom stereocenters. The second-order valence-electron chi connectivity index (χ2n) is 7.88.